The predicted molar refractivity (Wildman–Crippen MR) is 330 cm³/mol. The van der Waals surface area contributed by atoms with Gasteiger partial charge in [-0.25, -0.2) is 4.57 Å². The van der Waals surface area contributed by atoms with Crippen molar-refractivity contribution in [3.63, 3.8) is 0 Å². The van der Waals surface area contributed by atoms with Crippen LogP contribution in [0.1, 0.15) is 232 Å². The van der Waals surface area contributed by atoms with Gasteiger partial charge in [-0.1, -0.05) is 269 Å². The van der Waals surface area contributed by atoms with Crippen LogP contribution in [0, 0.1) is 0 Å². The summed E-state index contributed by atoms with van der Waals surface area (Å²) >= 11 is 0. The van der Waals surface area contributed by atoms with E-state index in [0.717, 1.165) is 89.9 Å². The van der Waals surface area contributed by atoms with Crippen LogP contribution in [-0.4, -0.2) is 49.3 Å². The fourth-order valence-electron chi connectivity index (χ4n) is 7.87. The van der Waals surface area contributed by atoms with Crippen molar-refractivity contribution in [2.24, 2.45) is 5.73 Å². The molecule has 0 aliphatic rings. The van der Waals surface area contributed by atoms with Crippen molar-refractivity contribution in [1.82, 2.24) is 0 Å². The Kier molecular flexibility index (Phi) is 57.8. The normalized spacial score (nSPS) is 14.1. The maximum Gasteiger partial charge on any atom is 0.472 e. The molecule has 0 fully saturated rings. The third-order valence-corrected chi connectivity index (χ3v) is 13.2. The summed E-state index contributed by atoms with van der Waals surface area (Å²) in [6, 6.07) is 0. The Labute approximate surface area is 471 Å². The first-order valence-corrected chi connectivity index (χ1v) is 31.8. The number of rotatable bonds is 55. The van der Waals surface area contributed by atoms with Gasteiger partial charge in [-0.2, -0.15) is 0 Å². The Morgan fingerprint density at radius 2 is 0.714 bits per heavy atom. The largest absolute Gasteiger partial charge is 0.472 e. The zero-order valence-corrected chi connectivity index (χ0v) is 49.5. The zero-order valence-electron chi connectivity index (χ0n) is 48.6. The lowest BCUT2D eigenvalue weighted by Gasteiger charge is -2.19. The third-order valence-electron chi connectivity index (χ3n) is 12.3. The van der Waals surface area contributed by atoms with E-state index >= 15 is 0 Å². The lowest BCUT2D eigenvalue weighted by molar-refractivity contribution is -0.160. The van der Waals surface area contributed by atoms with Crippen LogP contribution in [0.4, 0.5) is 0 Å². The van der Waals surface area contributed by atoms with Gasteiger partial charge < -0.3 is 20.1 Å². The van der Waals surface area contributed by atoms with E-state index in [2.05, 4.69) is 141 Å². The van der Waals surface area contributed by atoms with E-state index < -0.39 is 32.5 Å². The molecule has 2 atom stereocenters. The van der Waals surface area contributed by atoms with E-state index in [0.29, 0.717) is 12.8 Å². The highest BCUT2D eigenvalue weighted by molar-refractivity contribution is 7.47. The van der Waals surface area contributed by atoms with Crippen LogP contribution < -0.4 is 5.73 Å². The van der Waals surface area contributed by atoms with Gasteiger partial charge in [0.2, 0.25) is 0 Å². The molecule has 0 aliphatic carbocycles. The van der Waals surface area contributed by atoms with E-state index in [9.17, 15) is 19.0 Å². The van der Waals surface area contributed by atoms with Crippen LogP contribution in [0.25, 0.3) is 0 Å². The van der Waals surface area contributed by atoms with Gasteiger partial charge in [-0.15, -0.1) is 0 Å². The number of nitrogens with two attached hydrogens (primary N) is 1. The van der Waals surface area contributed by atoms with Crippen molar-refractivity contribution in [3.8, 4) is 0 Å². The molecule has 0 aromatic rings. The molecular weight excluding hydrogens is 978 g/mol. The highest BCUT2D eigenvalue weighted by atomic mass is 31.2. The number of phosphoric ester groups is 1. The van der Waals surface area contributed by atoms with Crippen LogP contribution in [0.5, 0.6) is 0 Å². The lowest BCUT2D eigenvalue weighted by Crippen LogP contribution is -2.29. The molecule has 0 rings (SSSR count). The van der Waals surface area contributed by atoms with E-state index in [1.165, 1.54) is 103 Å². The lowest BCUT2D eigenvalue weighted by atomic mass is 10.0. The molecule has 0 bridgehead atoms. The summed E-state index contributed by atoms with van der Waals surface area (Å²) in [5.74, 6) is -0.979. The molecule has 2 unspecified atom stereocenters. The first kappa shape index (κ1) is 72.9. The molecule has 436 valence electrons. The minimum atomic E-state index is -4.41. The maximum absolute atomic E-state index is 12.7. The summed E-state index contributed by atoms with van der Waals surface area (Å²) in [5.41, 5.74) is 5.37. The summed E-state index contributed by atoms with van der Waals surface area (Å²) in [6.07, 6.45) is 88.2. The molecular formula is C67H110NO8P. The molecule has 0 amide bonds. The Morgan fingerprint density at radius 3 is 1.06 bits per heavy atom. The third kappa shape index (κ3) is 61.0. The SMILES string of the molecule is CC/C=C\C/C=C\C/C=C\C/C=C\C/C=C\C/C=C\C/C=C\CCCCCCCCCCCCCCCCCCCCCC(=O)OC(COC(=O)C/C=C\C/C=C\C/C=C\C/C=C\C/C=C\CC)COP(=O)(O)OCCN. The number of phosphoric acid groups is 1. The number of esters is 2. The molecule has 0 spiro atoms. The monoisotopic (exact) mass is 1090 g/mol. The minimum Gasteiger partial charge on any atom is -0.461 e. The van der Waals surface area contributed by atoms with Crippen molar-refractivity contribution < 1.29 is 37.6 Å². The van der Waals surface area contributed by atoms with Gasteiger partial charge in [0.25, 0.3) is 0 Å². The highest BCUT2D eigenvalue weighted by Crippen LogP contribution is 2.43. The number of unbranched alkanes of at least 4 members (excludes halogenated alkanes) is 19. The van der Waals surface area contributed by atoms with E-state index in [-0.39, 0.29) is 32.6 Å². The van der Waals surface area contributed by atoms with Crippen molar-refractivity contribution in [2.75, 3.05) is 26.4 Å². The molecule has 3 N–H and O–H groups in total. The van der Waals surface area contributed by atoms with Gasteiger partial charge >= 0.3 is 19.8 Å². The zero-order chi connectivity index (χ0) is 55.9. The molecule has 0 aromatic carbocycles. The van der Waals surface area contributed by atoms with Gasteiger partial charge in [0.1, 0.15) is 6.61 Å². The van der Waals surface area contributed by atoms with Crippen LogP contribution in [0.3, 0.4) is 0 Å². The van der Waals surface area contributed by atoms with Crippen LogP contribution in [0.2, 0.25) is 0 Å². The number of allylic oxidation sites excluding steroid dienone is 23. The van der Waals surface area contributed by atoms with Crippen molar-refractivity contribution in [3.05, 3.63) is 146 Å². The van der Waals surface area contributed by atoms with Crippen molar-refractivity contribution >= 4 is 19.8 Å². The summed E-state index contributed by atoms with van der Waals surface area (Å²) in [5, 5.41) is 0. The second-order valence-electron chi connectivity index (χ2n) is 19.5. The average molecular weight is 1090 g/mol. The van der Waals surface area contributed by atoms with Gasteiger partial charge in [0.05, 0.1) is 19.6 Å². The molecule has 0 saturated carbocycles. The average Bonchev–Trinajstić information content (AvgIpc) is 3.42. The molecule has 0 heterocycles. The molecule has 9 nitrogen and oxygen atoms in total. The second kappa shape index (κ2) is 61.1. The number of hydrogen-bond donors (Lipinski definition) is 2. The molecule has 0 saturated heterocycles. The minimum absolute atomic E-state index is 0.0367. The summed E-state index contributed by atoms with van der Waals surface area (Å²) in [6.45, 7) is 3.39. The van der Waals surface area contributed by atoms with Crippen LogP contribution in [-0.2, 0) is 32.7 Å². The topological polar surface area (TPSA) is 134 Å². The molecule has 0 radical (unpaired) electrons. The summed E-state index contributed by atoms with van der Waals surface area (Å²) in [4.78, 5) is 35.0. The Hall–Kier alpha value is -4.11. The Balaban J connectivity index is 3.89. The Morgan fingerprint density at radius 1 is 0.403 bits per heavy atom. The Bertz CT molecular complexity index is 1770. The quantitative estimate of drug-likeness (QED) is 0.0264. The fraction of sp³-hybridized carbons (Fsp3) is 0.612. The number of ether oxygens (including phenoxy) is 2. The maximum atomic E-state index is 12.7. The number of carbonyl (C=O) groups excluding carboxylic acids is 2. The smallest absolute Gasteiger partial charge is 0.461 e. The first-order chi connectivity index (χ1) is 37.8. The van der Waals surface area contributed by atoms with Crippen LogP contribution >= 0.6 is 7.82 Å². The van der Waals surface area contributed by atoms with Gasteiger partial charge in [0, 0.05) is 13.0 Å². The standard InChI is InChI=1S/C67H110NO8P/c1-3-5-7-9-11-13-15-17-19-20-21-22-23-24-25-26-27-28-29-30-31-32-33-34-35-36-37-38-39-40-41-42-43-44-46-48-50-52-54-56-58-60-67(70)76-65(64-75-77(71,72)74-62-61-68)63-73-66(69)59-57-55-53-51-49-47-45-18-16-14-12-10-8-6-4-2/h5-8,11-14,17-19,21-22,24-25,27-28,30-31,45,49,51,55,57,65H,3-4,9-10,15-16,20,23,26,29,32-44,46-48,50,52-54,56,58-64,68H2,1-2H3,(H,71,72)/b7-5-,8-6-,13-11-,14-12-,19-17-,22-21-,25-24-,28-27-,31-30-,45-18-,51-49-,57-55-. The molecule has 10 heteroatoms. The van der Waals surface area contributed by atoms with E-state index in [1.54, 1.807) is 6.08 Å². The molecule has 0 aromatic heterocycles. The highest BCUT2D eigenvalue weighted by Gasteiger charge is 2.26. The summed E-state index contributed by atoms with van der Waals surface area (Å²) < 4.78 is 32.8. The predicted octanol–water partition coefficient (Wildman–Crippen LogP) is 19.5. The van der Waals surface area contributed by atoms with Crippen molar-refractivity contribution in [1.29, 1.82) is 0 Å². The number of hydrogen-bond acceptors (Lipinski definition) is 8. The van der Waals surface area contributed by atoms with Crippen molar-refractivity contribution in [2.45, 2.75) is 238 Å². The van der Waals surface area contributed by atoms with E-state index in [4.69, 9.17) is 24.3 Å². The van der Waals surface area contributed by atoms with Crippen LogP contribution in [0.15, 0.2) is 146 Å². The molecule has 77 heavy (non-hydrogen) atoms. The van der Waals surface area contributed by atoms with E-state index in [1.807, 2.05) is 12.2 Å². The van der Waals surface area contributed by atoms with Gasteiger partial charge in [-0.3, -0.25) is 18.6 Å². The van der Waals surface area contributed by atoms with Gasteiger partial charge in [-0.05, 0) is 96.3 Å². The summed E-state index contributed by atoms with van der Waals surface area (Å²) in [7, 11) is -4.41. The second-order valence-corrected chi connectivity index (χ2v) is 20.9. The fourth-order valence-corrected chi connectivity index (χ4v) is 8.63. The first-order valence-electron chi connectivity index (χ1n) is 30.3. The van der Waals surface area contributed by atoms with Gasteiger partial charge in [0.15, 0.2) is 6.10 Å². The number of carbonyl (C=O) groups is 2. The molecule has 0 aliphatic heterocycles.